The quantitative estimate of drug-likeness (QED) is 0.796. The van der Waals surface area contributed by atoms with Crippen LogP contribution in [0.2, 0.25) is 0 Å². The Hall–Kier alpha value is -1.00. The highest BCUT2D eigenvalue weighted by Gasteiger charge is 2.16. The predicted octanol–water partition coefficient (Wildman–Crippen LogP) is 2.26. The van der Waals surface area contributed by atoms with E-state index in [2.05, 4.69) is 21.4 Å². The molecule has 84 valence electrons. The van der Waals surface area contributed by atoms with Gasteiger partial charge in [-0.3, -0.25) is 0 Å². The molecule has 1 fully saturated rings. The van der Waals surface area contributed by atoms with Crippen LogP contribution in [0.15, 0.2) is 29.4 Å². The Morgan fingerprint density at radius 3 is 2.94 bits per heavy atom. The van der Waals surface area contributed by atoms with Crippen molar-refractivity contribution >= 4 is 22.8 Å². The first-order valence-corrected chi connectivity index (χ1v) is 6.68. The van der Waals surface area contributed by atoms with Gasteiger partial charge in [0.2, 0.25) is 0 Å². The summed E-state index contributed by atoms with van der Waals surface area (Å²) in [7, 11) is 0. The summed E-state index contributed by atoms with van der Waals surface area (Å²) < 4.78 is 0. The summed E-state index contributed by atoms with van der Waals surface area (Å²) in [4.78, 5) is 7.89. The average Bonchev–Trinajstić information content (AvgIpc) is 2.64. The number of aromatic nitrogens is 2. The maximum atomic E-state index is 4.55. The molecule has 1 aliphatic heterocycles. The first-order valence-electron chi connectivity index (χ1n) is 5.70. The summed E-state index contributed by atoms with van der Waals surface area (Å²) in [5, 5.41) is 4.35. The van der Waals surface area contributed by atoms with Crippen molar-refractivity contribution in [2.24, 2.45) is 5.92 Å². The zero-order valence-corrected chi connectivity index (χ0v) is 9.89. The van der Waals surface area contributed by atoms with E-state index in [1.54, 1.807) is 0 Å². The Bertz CT molecular complexity index is 443. The van der Waals surface area contributed by atoms with Crippen LogP contribution in [-0.4, -0.2) is 28.8 Å². The number of aromatic amines is 1. The molecule has 16 heavy (non-hydrogen) atoms. The van der Waals surface area contributed by atoms with Gasteiger partial charge in [-0.1, -0.05) is 23.9 Å². The number of H-pyrrole nitrogens is 1. The van der Waals surface area contributed by atoms with Crippen LogP contribution in [0.25, 0.3) is 11.0 Å². The molecule has 0 bridgehead atoms. The summed E-state index contributed by atoms with van der Waals surface area (Å²) in [5.41, 5.74) is 2.20. The maximum Gasteiger partial charge on any atom is 0.166 e. The predicted molar refractivity (Wildman–Crippen MR) is 67.8 cm³/mol. The topological polar surface area (TPSA) is 40.7 Å². The zero-order valence-electron chi connectivity index (χ0n) is 9.07. The molecule has 2 N–H and O–H groups in total. The lowest BCUT2D eigenvalue weighted by Crippen LogP contribution is -2.42. The van der Waals surface area contributed by atoms with Crippen LogP contribution >= 0.6 is 11.8 Å². The van der Waals surface area contributed by atoms with E-state index in [1.165, 1.54) is 19.5 Å². The number of imidazole rings is 1. The first-order chi connectivity index (χ1) is 7.92. The molecule has 2 aromatic rings. The zero-order chi connectivity index (χ0) is 10.8. The van der Waals surface area contributed by atoms with Gasteiger partial charge in [-0.05, 0) is 37.6 Å². The fourth-order valence-corrected chi connectivity index (χ4v) is 2.86. The van der Waals surface area contributed by atoms with Crippen molar-refractivity contribution in [3.05, 3.63) is 24.3 Å². The van der Waals surface area contributed by atoms with Gasteiger partial charge >= 0.3 is 0 Å². The molecule has 1 aliphatic rings. The van der Waals surface area contributed by atoms with Gasteiger partial charge in [0.05, 0.1) is 11.0 Å². The van der Waals surface area contributed by atoms with Gasteiger partial charge in [0.25, 0.3) is 0 Å². The molecule has 0 atom stereocenters. The van der Waals surface area contributed by atoms with E-state index in [0.717, 1.165) is 27.9 Å². The van der Waals surface area contributed by atoms with Crippen LogP contribution < -0.4 is 5.32 Å². The lowest BCUT2D eigenvalue weighted by atomic mass is 10.0. The number of nitrogens with one attached hydrogen (secondary N) is 2. The third-order valence-electron chi connectivity index (χ3n) is 3.00. The Kier molecular flexibility index (Phi) is 2.84. The number of rotatable bonds is 4. The molecule has 4 heteroatoms. The van der Waals surface area contributed by atoms with Gasteiger partial charge in [-0.2, -0.15) is 0 Å². The summed E-state index contributed by atoms with van der Waals surface area (Å²) in [6, 6.07) is 8.18. The highest BCUT2D eigenvalue weighted by Crippen LogP contribution is 2.21. The Labute approximate surface area is 99.0 Å². The molecule has 3 rings (SSSR count). The second-order valence-electron chi connectivity index (χ2n) is 4.22. The normalized spacial score (nSPS) is 16.5. The molecule has 1 aromatic carbocycles. The van der Waals surface area contributed by atoms with Gasteiger partial charge in [0, 0.05) is 5.75 Å². The fourth-order valence-electron chi connectivity index (χ4n) is 1.87. The molecule has 1 saturated heterocycles. The van der Waals surface area contributed by atoms with Crippen molar-refractivity contribution in [3.63, 3.8) is 0 Å². The molecule has 0 radical (unpaired) electrons. The average molecular weight is 233 g/mol. The lowest BCUT2D eigenvalue weighted by Gasteiger charge is -2.26. The minimum atomic E-state index is 0.886. The second kappa shape index (κ2) is 4.47. The summed E-state index contributed by atoms with van der Waals surface area (Å²) in [6.45, 7) is 2.39. The summed E-state index contributed by atoms with van der Waals surface area (Å²) in [6.07, 6.45) is 1.29. The third-order valence-corrected chi connectivity index (χ3v) is 3.91. The van der Waals surface area contributed by atoms with E-state index in [1.807, 2.05) is 30.0 Å². The molecule has 2 heterocycles. The van der Waals surface area contributed by atoms with Crippen molar-refractivity contribution in [1.29, 1.82) is 0 Å². The van der Waals surface area contributed by atoms with Crippen molar-refractivity contribution in [1.82, 2.24) is 15.3 Å². The molecular formula is C12H15N3S. The Morgan fingerprint density at radius 1 is 1.31 bits per heavy atom. The number of thioether (sulfide) groups is 1. The summed E-state index contributed by atoms with van der Waals surface area (Å²) in [5.74, 6) is 2.04. The minimum absolute atomic E-state index is 0.886. The van der Waals surface area contributed by atoms with E-state index < -0.39 is 0 Å². The smallest absolute Gasteiger partial charge is 0.166 e. The maximum absolute atomic E-state index is 4.55. The Balaban J connectivity index is 1.60. The molecule has 3 nitrogen and oxygen atoms in total. The third kappa shape index (κ3) is 2.08. The minimum Gasteiger partial charge on any atom is -0.333 e. The van der Waals surface area contributed by atoms with Gasteiger partial charge in [0.1, 0.15) is 0 Å². The number of fused-ring (bicyclic) bond motifs is 1. The number of nitrogens with zero attached hydrogens (tertiary/aromatic N) is 1. The largest absolute Gasteiger partial charge is 0.333 e. The number of benzene rings is 1. The van der Waals surface area contributed by atoms with Crippen molar-refractivity contribution in [2.45, 2.75) is 11.6 Å². The number of hydrogen-bond acceptors (Lipinski definition) is 3. The number of hydrogen-bond donors (Lipinski definition) is 2. The second-order valence-corrected chi connectivity index (χ2v) is 5.30. The molecular weight excluding hydrogens is 218 g/mol. The van der Waals surface area contributed by atoms with Crippen molar-refractivity contribution in [3.8, 4) is 0 Å². The highest BCUT2D eigenvalue weighted by molar-refractivity contribution is 7.99. The van der Waals surface area contributed by atoms with Crippen LogP contribution in [0.4, 0.5) is 0 Å². The molecule has 0 aliphatic carbocycles. The SMILES string of the molecule is c1ccc2[nH]c(SCCC3CNC3)nc2c1. The van der Waals surface area contributed by atoms with Gasteiger partial charge < -0.3 is 10.3 Å². The van der Waals surface area contributed by atoms with Gasteiger partial charge in [0.15, 0.2) is 5.16 Å². The van der Waals surface area contributed by atoms with Crippen molar-refractivity contribution < 1.29 is 0 Å². The van der Waals surface area contributed by atoms with Crippen molar-refractivity contribution in [2.75, 3.05) is 18.8 Å². The van der Waals surface area contributed by atoms with E-state index in [0.29, 0.717) is 0 Å². The van der Waals surface area contributed by atoms with Crippen LogP contribution in [-0.2, 0) is 0 Å². The van der Waals surface area contributed by atoms with Crippen LogP contribution in [0.1, 0.15) is 6.42 Å². The molecule has 0 unspecified atom stereocenters. The van der Waals surface area contributed by atoms with E-state index in [9.17, 15) is 0 Å². The van der Waals surface area contributed by atoms with E-state index >= 15 is 0 Å². The molecule has 0 spiro atoms. The molecule has 0 amide bonds. The standard InChI is InChI=1S/C12H15N3S/c1-2-4-11-10(3-1)14-12(15-11)16-6-5-9-7-13-8-9/h1-4,9,13H,5-8H2,(H,14,15). The van der Waals surface area contributed by atoms with Crippen LogP contribution in [0, 0.1) is 5.92 Å². The van der Waals surface area contributed by atoms with Crippen LogP contribution in [0.5, 0.6) is 0 Å². The fraction of sp³-hybridized carbons (Fsp3) is 0.417. The Morgan fingerprint density at radius 2 is 2.19 bits per heavy atom. The van der Waals surface area contributed by atoms with Gasteiger partial charge in [-0.15, -0.1) is 0 Å². The van der Waals surface area contributed by atoms with Crippen LogP contribution in [0.3, 0.4) is 0 Å². The van der Waals surface area contributed by atoms with E-state index in [4.69, 9.17) is 0 Å². The summed E-state index contributed by atoms with van der Waals surface area (Å²) >= 11 is 1.83. The lowest BCUT2D eigenvalue weighted by molar-refractivity contribution is 0.341. The number of para-hydroxylation sites is 2. The first kappa shape index (κ1) is 10.2. The molecule has 1 aromatic heterocycles. The van der Waals surface area contributed by atoms with Gasteiger partial charge in [-0.25, -0.2) is 4.98 Å². The molecule has 0 saturated carbocycles. The van der Waals surface area contributed by atoms with E-state index in [-0.39, 0.29) is 0 Å². The highest BCUT2D eigenvalue weighted by atomic mass is 32.2. The monoisotopic (exact) mass is 233 g/mol.